The fourth-order valence-electron chi connectivity index (χ4n) is 4.24. The first kappa shape index (κ1) is 28.3. The Kier molecular flexibility index (Phi) is 11.6. The van der Waals surface area contributed by atoms with Crippen molar-refractivity contribution in [2.75, 3.05) is 45.2 Å². The number of carbonyl (C=O) groups is 2. The highest BCUT2D eigenvalue weighted by Crippen LogP contribution is 2.20. The summed E-state index contributed by atoms with van der Waals surface area (Å²) in [6.07, 6.45) is 2.30. The van der Waals surface area contributed by atoms with E-state index < -0.39 is 12.1 Å². The first-order valence-corrected chi connectivity index (χ1v) is 13.3. The average molecular weight is 511 g/mol. The molecule has 37 heavy (non-hydrogen) atoms. The summed E-state index contributed by atoms with van der Waals surface area (Å²) in [4.78, 5) is 27.4. The van der Waals surface area contributed by atoms with Crippen molar-refractivity contribution in [3.63, 3.8) is 0 Å². The Morgan fingerprint density at radius 3 is 2.38 bits per heavy atom. The Bertz CT molecular complexity index is 944. The van der Waals surface area contributed by atoms with Gasteiger partial charge in [-0.1, -0.05) is 44.2 Å². The van der Waals surface area contributed by atoms with Gasteiger partial charge in [0, 0.05) is 18.8 Å². The number of alkyl carbamates (subject to hydrolysis) is 1. The Morgan fingerprint density at radius 2 is 1.70 bits per heavy atom. The van der Waals surface area contributed by atoms with Crippen molar-refractivity contribution in [1.82, 2.24) is 15.5 Å². The summed E-state index contributed by atoms with van der Waals surface area (Å²) in [5, 5.41) is 8.93. The smallest absolute Gasteiger partial charge is 0.408 e. The van der Waals surface area contributed by atoms with E-state index in [0.29, 0.717) is 25.4 Å². The van der Waals surface area contributed by atoms with Crippen LogP contribution in [0.2, 0.25) is 0 Å². The lowest BCUT2D eigenvalue weighted by molar-refractivity contribution is -0.123. The van der Waals surface area contributed by atoms with Gasteiger partial charge in [0.1, 0.15) is 18.4 Å². The highest BCUT2D eigenvalue weighted by atomic mass is 16.5. The third kappa shape index (κ3) is 10.7. The Hall–Kier alpha value is -3.26. The van der Waals surface area contributed by atoms with Crippen molar-refractivity contribution in [2.24, 2.45) is 11.8 Å². The lowest BCUT2D eigenvalue weighted by Crippen LogP contribution is -2.48. The van der Waals surface area contributed by atoms with E-state index in [2.05, 4.69) is 27.9 Å². The molecule has 8 heteroatoms. The standard InChI is InChI=1S/C29H42N4O4/c1-22(2)19-27(32-29(35)37-21-23-7-5-4-6-8-23)28(34)31-16-15-30-25-9-11-26(12-10-25)36-20-24-13-17-33(3)18-14-24/h4-12,22,24,27,30H,13-21H2,1-3H3,(H,31,34)(H,32,35)/t27-/m0/s1. The van der Waals surface area contributed by atoms with Crippen molar-refractivity contribution in [2.45, 2.75) is 45.8 Å². The van der Waals surface area contributed by atoms with E-state index in [1.807, 2.05) is 68.4 Å². The third-order valence-corrected chi connectivity index (χ3v) is 6.46. The molecule has 1 aliphatic rings. The molecule has 1 saturated heterocycles. The maximum Gasteiger partial charge on any atom is 0.408 e. The summed E-state index contributed by atoms with van der Waals surface area (Å²) >= 11 is 0. The van der Waals surface area contributed by atoms with Crippen LogP contribution in [0.1, 0.15) is 38.7 Å². The number of nitrogens with zero attached hydrogens (tertiary/aromatic N) is 1. The fourth-order valence-corrected chi connectivity index (χ4v) is 4.24. The molecule has 0 radical (unpaired) electrons. The molecule has 2 aromatic carbocycles. The van der Waals surface area contributed by atoms with E-state index in [9.17, 15) is 9.59 Å². The van der Waals surface area contributed by atoms with Crippen molar-refractivity contribution < 1.29 is 19.1 Å². The summed E-state index contributed by atoms with van der Waals surface area (Å²) in [6, 6.07) is 16.7. The van der Waals surface area contributed by atoms with E-state index in [-0.39, 0.29) is 18.4 Å². The first-order chi connectivity index (χ1) is 17.9. The molecular weight excluding hydrogens is 468 g/mol. The highest BCUT2D eigenvalue weighted by molar-refractivity contribution is 5.85. The maximum atomic E-state index is 12.7. The summed E-state index contributed by atoms with van der Waals surface area (Å²) in [7, 11) is 2.17. The van der Waals surface area contributed by atoms with Crippen LogP contribution in [0, 0.1) is 11.8 Å². The number of rotatable bonds is 13. The second-order valence-electron chi connectivity index (χ2n) is 10.2. The number of benzene rings is 2. The van der Waals surface area contributed by atoms with Gasteiger partial charge in [-0.15, -0.1) is 0 Å². The van der Waals surface area contributed by atoms with E-state index in [1.165, 1.54) is 12.8 Å². The van der Waals surface area contributed by atoms with Gasteiger partial charge in [-0.05, 0) is 81.1 Å². The molecule has 0 spiro atoms. The molecule has 8 nitrogen and oxygen atoms in total. The van der Waals surface area contributed by atoms with Crippen molar-refractivity contribution in [1.29, 1.82) is 0 Å². The largest absolute Gasteiger partial charge is 0.493 e. The van der Waals surface area contributed by atoms with Crippen molar-refractivity contribution in [3.05, 3.63) is 60.2 Å². The van der Waals surface area contributed by atoms with Gasteiger partial charge in [-0.2, -0.15) is 0 Å². The molecule has 1 heterocycles. The molecule has 2 amide bonds. The molecular formula is C29H42N4O4. The number of nitrogens with one attached hydrogen (secondary N) is 3. The molecule has 1 aliphatic heterocycles. The van der Waals surface area contributed by atoms with Crippen LogP contribution in [0.3, 0.4) is 0 Å². The van der Waals surface area contributed by atoms with Crippen LogP contribution in [-0.2, 0) is 16.1 Å². The summed E-state index contributed by atoms with van der Waals surface area (Å²) < 4.78 is 11.3. The van der Waals surface area contributed by atoms with Crippen LogP contribution in [-0.4, -0.2) is 62.8 Å². The molecule has 3 N–H and O–H groups in total. The van der Waals surface area contributed by atoms with Crippen LogP contribution in [0.25, 0.3) is 0 Å². The zero-order valence-electron chi connectivity index (χ0n) is 22.4. The molecule has 202 valence electrons. The number of piperidine rings is 1. The zero-order valence-corrected chi connectivity index (χ0v) is 22.4. The Balaban J connectivity index is 1.35. The Labute approximate surface area is 221 Å². The second-order valence-corrected chi connectivity index (χ2v) is 10.2. The average Bonchev–Trinajstić information content (AvgIpc) is 2.90. The first-order valence-electron chi connectivity index (χ1n) is 13.3. The summed E-state index contributed by atoms with van der Waals surface area (Å²) in [6.45, 7) is 8.23. The van der Waals surface area contributed by atoms with Gasteiger partial charge in [-0.3, -0.25) is 4.79 Å². The minimum Gasteiger partial charge on any atom is -0.493 e. The lowest BCUT2D eigenvalue weighted by Gasteiger charge is -2.28. The molecule has 0 aromatic heterocycles. The zero-order chi connectivity index (χ0) is 26.5. The van der Waals surface area contributed by atoms with Gasteiger partial charge < -0.3 is 30.3 Å². The number of ether oxygens (including phenoxy) is 2. The van der Waals surface area contributed by atoms with Crippen LogP contribution < -0.4 is 20.7 Å². The molecule has 2 aromatic rings. The molecule has 0 unspecified atom stereocenters. The van der Waals surface area contributed by atoms with Gasteiger partial charge in [0.25, 0.3) is 0 Å². The second kappa shape index (κ2) is 15.1. The lowest BCUT2D eigenvalue weighted by atomic mass is 9.98. The number of hydrogen-bond acceptors (Lipinski definition) is 6. The number of amides is 2. The molecule has 0 saturated carbocycles. The van der Waals surface area contributed by atoms with Crippen LogP contribution in [0.5, 0.6) is 5.75 Å². The molecule has 1 atom stereocenters. The normalized spacial score (nSPS) is 15.1. The third-order valence-electron chi connectivity index (χ3n) is 6.46. The fraction of sp³-hybridized carbons (Fsp3) is 0.517. The molecule has 0 aliphatic carbocycles. The van der Waals surface area contributed by atoms with E-state index in [0.717, 1.165) is 36.7 Å². The topological polar surface area (TPSA) is 91.9 Å². The van der Waals surface area contributed by atoms with Crippen LogP contribution in [0.15, 0.2) is 54.6 Å². The number of anilines is 1. The van der Waals surface area contributed by atoms with Crippen LogP contribution >= 0.6 is 0 Å². The van der Waals surface area contributed by atoms with E-state index in [1.54, 1.807) is 0 Å². The van der Waals surface area contributed by atoms with E-state index in [4.69, 9.17) is 9.47 Å². The SMILES string of the molecule is CC(C)C[C@H](NC(=O)OCc1ccccc1)C(=O)NCCNc1ccc(OCC2CCN(C)CC2)cc1. The van der Waals surface area contributed by atoms with Gasteiger partial charge in [0.05, 0.1) is 6.61 Å². The Morgan fingerprint density at radius 1 is 1.00 bits per heavy atom. The predicted octanol–water partition coefficient (Wildman–Crippen LogP) is 4.28. The van der Waals surface area contributed by atoms with Crippen LogP contribution in [0.4, 0.5) is 10.5 Å². The maximum absolute atomic E-state index is 12.7. The highest BCUT2D eigenvalue weighted by Gasteiger charge is 2.22. The minimum absolute atomic E-state index is 0.161. The number of likely N-dealkylation sites (tertiary alicyclic amines) is 1. The summed E-state index contributed by atoms with van der Waals surface area (Å²) in [5.74, 6) is 1.52. The van der Waals surface area contributed by atoms with Gasteiger partial charge >= 0.3 is 6.09 Å². The number of carbonyl (C=O) groups excluding carboxylic acids is 2. The minimum atomic E-state index is -0.649. The van der Waals surface area contributed by atoms with Crippen molar-refractivity contribution in [3.8, 4) is 5.75 Å². The monoisotopic (exact) mass is 510 g/mol. The molecule has 1 fully saturated rings. The molecule has 3 rings (SSSR count). The predicted molar refractivity (Wildman–Crippen MR) is 147 cm³/mol. The van der Waals surface area contributed by atoms with Gasteiger partial charge in [-0.25, -0.2) is 4.79 Å². The van der Waals surface area contributed by atoms with Crippen molar-refractivity contribution >= 4 is 17.7 Å². The van der Waals surface area contributed by atoms with Gasteiger partial charge in [0.15, 0.2) is 0 Å². The quantitative estimate of drug-likeness (QED) is 0.349. The number of hydrogen-bond donors (Lipinski definition) is 3. The van der Waals surface area contributed by atoms with Gasteiger partial charge in [0.2, 0.25) is 5.91 Å². The molecule has 0 bridgehead atoms. The van der Waals surface area contributed by atoms with E-state index >= 15 is 0 Å². The summed E-state index contributed by atoms with van der Waals surface area (Å²) in [5.41, 5.74) is 1.85.